The fraction of sp³-hybridized carbons (Fsp3) is 0.333. The van der Waals surface area contributed by atoms with Gasteiger partial charge in [0.1, 0.15) is 11.5 Å². The van der Waals surface area contributed by atoms with Crippen LogP contribution in [0.3, 0.4) is 0 Å². The van der Waals surface area contributed by atoms with E-state index in [1.54, 1.807) is 31.2 Å². The van der Waals surface area contributed by atoms with Gasteiger partial charge in [0.25, 0.3) is 5.91 Å². The maximum atomic E-state index is 12.1. The van der Waals surface area contributed by atoms with E-state index >= 15 is 0 Å². The number of phenols is 2. The number of nitrogens with one attached hydrogen (secondary N) is 1. The summed E-state index contributed by atoms with van der Waals surface area (Å²) >= 11 is 0. The van der Waals surface area contributed by atoms with Gasteiger partial charge in [0.05, 0.1) is 5.71 Å². The van der Waals surface area contributed by atoms with E-state index in [1.807, 2.05) is 6.07 Å². The first-order chi connectivity index (χ1) is 13.0. The van der Waals surface area contributed by atoms with Crippen molar-refractivity contribution >= 4 is 11.6 Å². The second-order valence-corrected chi connectivity index (χ2v) is 6.87. The first-order valence-electron chi connectivity index (χ1n) is 9.21. The molecule has 0 unspecified atom stereocenters. The molecule has 6 nitrogen and oxygen atoms in total. The minimum atomic E-state index is -0.391. The lowest BCUT2D eigenvalue weighted by Crippen LogP contribution is -2.29. The minimum absolute atomic E-state index is 0.0317. The Kier molecular flexibility index (Phi) is 6.08. The number of carbonyl (C=O) groups is 1. The Bertz CT molecular complexity index is 842. The lowest BCUT2D eigenvalue weighted by molar-refractivity contribution is 0.0954. The van der Waals surface area contributed by atoms with Gasteiger partial charge in [-0.15, -0.1) is 0 Å². The third-order valence-corrected chi connectivity index (χ3v) is 4.77. The number of hydrazone groups is 1. The minimum Gasteiger partial charge on any atom is -0.508 e. The van der Waals surface area contributed by atoms with Crippen molar-refractivity contribution in [2.24, 2.45) is 5.10 Å². The quantitative estimate of drug-likeness (QED) is 0.559. The fourth-order valence-corrected chi connectivity index (χ4v) is 3.21. The molecule has 2 aromatic rings. The molecular formula is C21H25N3O3. The van der Waals surface area contributed by atoms with Crippen LogP contribution in [0, 0.1) is 0 Å². The number of aromatic hydroxyl groups is 2. The number of phenolic OH excluding ortho intramolecular Hbond substituents is 2. The van der Waals surface area contributed by atoms with E-state index < -0.39 is 5.91 Å². The molecule has 1 fully saturated rings. The van der Waals surface area contributed by atoms with E-state index in [1.165, 1.54) is 31.4 Å². The van der Waals surface area contributed by atoms with Gasteiger partial charge in [-0.2, -0.15) is 5.10 Å². The molecule has 0 radical (unpaired) electrons. The van der Waals surface area contributed by atoms with Crippen LogP contribution in [0.15, 0.2) is 47.6 Å². The van der Waals surface area contributed by atoms with Crippen LogP contribution in [-0.4, -0.2) is 39.8 Å². The molecule has 1 saturated heterocycles. The van der Waals surface area contributed by atoms with Crippen LogP contribution in [0.25, 0.3) is 0 Å². The van der Waals surface area contributed by atoms with Crippen molar-refractivity contribution in [1.82, 2.24) is 10.3 Å². The van der Waals surface area contributed by atoms with Gasteiger partial charge >= 0.3 is 0 Å². The number of nitrogens with zero attached hydrogens (tertiary/aromatic N) is 2. The maximum Gasteiger partial charge on any atom is 0.271 e. The van der Waals surface area contributed by atoms with Gasteiger partial charge in [0.2, 0.25) is 0 Å². The Morgan fingerprint density at radius 2 is 1.85 bits per heavy atom. The van der Waals surface area contributed by atoms with Crippen LogP contribution < -0.4 is 5.43 Å². The normalized spacial score (nSPS) is 15.5. The number of likely N-dealkylation sites (tertiary alicyclic amines) is 1. The van der Waals surface area contributed by atoms with Crippen LogP contribution in [0.1, 0.15) is 47.7 Å². The highest BCUT2D eigenvalue weighted by atomic mass is 16.3. The molecule has 1 aliphatic rings. The lowest BCUT2D eigenvalue weighted by Gasteiger charge is -2.26. The van der Waals surface area contributed by atoms with Crippen molar-refractivity contribution in [3.8, 4) is 11.5 Å². The van der Waals surface area contributed by atoms with Crippen LogP contribution in [0.2, 0.25) is 0 Å². The van der Waals surface area contributed by atoms with Gasteiger partial charge in [-0.1, -0.05) is 12.5 Å². The van der Waals surface area contributed by atoms with Gasteiger partial charge in [-0.3, -0.25) is 9.69 Å². The highest BCUT2D eigenvalue weighted by molar-refractivity contribution is 6.01. The predicted molar refractivity (Wildman–Crippen MR) is 105 cm³/mol. The summed E-state index contributed by atoms with van der Waals surface area (Å²) in [6.45, 7) is 4.62. The number of benzene rings is 2. The van der Waals surface area contributed by atoms with Crippen molar-refractivity contribution in [2.75, 3.05) is 13.1 Å². The monoisotopic (exact) mass is 367 g/mol. The molecule has 6 heteroatoms. The zero-order valence-corrected chi connectivity index (χ0v) is 15.5. The fourth-order valence-electron chi connectivity index (χ4n) is 3.21. The van der Waals surface area contributed by atoms with Crippen molar-refractivity contribution in [2.45, 2.75) is 32.7 Å². The van der Waals surface area contributed by atoms with Gasteiger partial charge in [-0.05, 0) is 74.8 Å². The first kappa shape index (κ1) is 18.9. The summed E-state index contributed by atoms with van der Waals surface area (Å²) in [5, 5.41) is 23.8. The van der Waals surface area contributed by atoms with Crippen LogP contribution >= 0.6 is 0 Å². The molecule has 1 aliphatic heterocycles. The molecule has 0 aromatic heterocycles. The largest absolute Gasteiger partial charge is 0.508 e. The highest BCUT2D eigenvalue weighted by Gasteiger charge is 2.13. The molecule has 0 atom stereocenters. The highest BCUT2D eigenvalue weighted by Crippen LogP contribution is 2.22. The number of hydrogen-bond acceptors (Lipinski definition) is 5. The van der Waals surface area contributed by atoms with E-state index in [0.717, 1.165) is 24.2 Å². The average molecular weight is 367 g/mol. The zero-order chi connectivity index (χ0) is 19.2. The summed E-state index contributed by atoms with van der Waals surface area (Å²) < 4.78 is 0. The Morgan fingerprint density at radius 1 is 1.07 bits per heavy atom. The summed E-state index contributed by atoms with van der Waals surface area (Å²) in [6.07, 6.45) is 3.66. The smallest absolute Gasteiger partial charge is 0.271 e. The van der Waals surface area contributed by atoms with Crippen molar-refractivity contribution in [3.63, 3.8) is 0 Å². The summed E-state index contributed by atoms with van der Waals surface area (Å²) in [7, 11) is 0. The summed E-state index contributed by atoms with van der Waals surface area (Å²) in [4.78, 5) is 14.5. The molecular weight excluding hydrogens is 342 g/mol. The van der Waals surface area contributed by atoms with E-state index in [0.29, 0.717) is 17.8 Å². The lowest BCUT2D eigenvalue weighted by atomic mass is 10.0. The SMILES string of the molecule is C/C(=N\NC(=O)c1cccc(O)c1)c1ccc(O)c(CN2CCCCC2)c1. The number of amides is 1. The first-order valence-corrected chi connectivity index (χ1v) is 9.21. The van der Waals surface area contributed by atoms with Crippen LogP contribution in [0.5, 0.6) is 11.5 Å². The summed E-state index contributed by atoms with van der Waals surface area (Å²) in [5.74, 6) is -0.0808. The van der Waals surface area contributed by atoms with Crippen molar-refractivity contribution < 1.29 is 15.0 Å². The molecule has 27 heavy (non-hydrogen) atoms. The van der Waals surface area contributed by atoms with Crippen molar-refractivity contribution in [1.29, 1.82) is 0 Å². The molecule has 2 aromatic carbocycles. The average Bonchev–Trinajstić information content (AvgIpc) is 2.68. The molecule has 0 spiro atoms. The molecule has 0 bridgehead atoms. The van der Waals surface area contributed by atoms with Gasteiger partial charge in [0.15, 0.2) is 0 Å². The molecule has 1 amide bonds. The number of piperidine rings is 1. The number of hydrogen-bond donors (Lipinski definition) is 3. The van der Waals surface area contributed by atoms with Crippen LogP contribution in [-0.2, 0) is 6.54 Å². The van der Waals surface area contributed by atoms with E-state index in [2.05, 4.69) is 15.4 Å². The molecule has 1 heterocycles. The van der Waals surface area contributed by atoms with E-state index in [4.69, 9.17) is 0 Å². The Labute approximate surface area is 159 Å². The van der Waals surface area contributed by atoms with Crippen molar-refractivity contribution in [3.05, 3.63) is 59.2 Å². The maximum absolute atomic E-state index is 12.1. The summed E-state index contributed by atoms with van der Waals surface area (Å²) in [6, 6.07) is 11.5. The van der Waals surface area contributed by atoms with Crippen LogP contribution in [0.4, 0.5) is 0 Å². The van der Waals surface area contributed by atoms with E-state index in [-0.39, 0.29) is 11.5 Å². The third kappa shape index (κ3) is 5.08. The third-order valence-electron chi connectivity index (χ3n) is 4.77. The molecule has 142 valence electrons. The Hall–Kier alpha value is -2.86. The number of carbonyl (C=O) groups excluding carboxylic acids is 1. The molecule has 3 rings (SSSR count). The molecule has 0 saturated carbocycles. The summed E-state index contributed by atoms with van der Waals surface area (Å²) in [5.41, 5.74) is 5.19. The molecule has 3 N–H and O–H groups in total. The predicted octanol–water partition coefficient (Wildman–Crippen LogP) is 3.24. The number of rotatable bonds is 5. The molecule has 0 aliphatic carbocycles. The van der Waals surface area contributed by atoms with Gasteiger partial charge < -0.3 is 10.2 Å². The zero-order valence-electron chi connectivity index (χ0n) is 15.5. The van der Waals surface area contributed by atoms with E-state index in [9.17, 15) is 15.0 Å². The Morgan fingerprint density at radius 3 is 2.59 bits per heavy atom. The Balaban J connectivity index is 1.70. The topological polar surface area (TPSA) is 85.2 Å². The van der Waals surface area contributed by atoms with Gasteiger partial charge in [-0.25, -0.2) is 5.43 Å². The second-order valence-electron chi connectivity index (χ2n) is 6.87. The standard InChI is InChI=1S/C21H25N3O3/c1-15(22-23-21(27)17-6-5-7-19(25)13-17)16-8-9-20(26)18(12-16)14-24-10-3-2-4-11-24/h5-9,12-13,25-26H,2-4,10-11,14H2,1H3,(H,23,27)/b22-15+. The second kappa shape index (κ2) is 8.68. The van der Waals surface area contributed by atoms with Gasteiger partial charge in [0, 0.05) is 17.7 Å².